The minimum Gasteiger partial charge on any atom is -0.367 e. The second kappa shape index (κ2) is 5.24. The van der Waals surface area contributed by atoms with E-state index < -0.39 is 11.5 Å². The second-order valence-corrected chi connectivity index (χ2v) is 5.43. The summed E-state index contributed by atoms with van der Waals surface area (Å²) in [5.74, 6) is -0.723. The predicted octanol–water partition coefficient (Wildman–Crippen LogP) is 0.180. The zero-order valence-corrected chi connectivity index (χ0v) is 12.0. The zero-order chi connectivity index (χ0) is 14.9. The van der Waals surface area contributed by atoms with Gasteiger partial charge < -0.3 is 15.4 Å². The summed E-state index contributed by atoms with van der Waals surface area (Å²) in [6.07, 6.45) is 1.60. The first kappa shape index (κ1) is 14.5. The van der Waals surface area contributed by atoms with E-state index in [-0.39, 0.29) is 18.5 Å². The van der Waals surface area contributed by atoms with Crippen LogP contribution in [-0.2, 0) is 9.53 Å². The minimum atomic E-state index is -1.13. The molecule has 7 nitrogen and oxygen atoms in total. The molecular weight excluding hydrogens is 260 g/mol. The third-order valence-corrected chi connectivity index (χ3v) is 3.46. The lowest BCUT2D eigenvalue weighted by molar-refractivity contribution is -0.150. The molecule has 20 heavy (non-hydrogen) atoms. The molecular formula is C13H20N4O3. The number of rotatable bonds is 3. The van der Waals surface area contributed by atoms with Crippen LogP contribution >= 0.6 is 0 Å². The fraction of sp³-hybridized carbons (Fsp3) is 0.615. The van der Waals surface area contributed by atoms with Crippen LogP contribution in [0, 0.1) is 0 Å². The number of nitrogens with two attached hydrogens (primary N) is 1. The minimum absolute atomic E-state index is 0.0903. The van der Waals surface area contributed by atoms with E-state index in [2.05, 4.69) is 5.10 Å². The third kappa shape index (κ3) is 2.53. The number of carbonyl (C=O) groups excluding carboxylic acids is 2. The molecule has 7 heteroatoms. The van der Waals surface area contributed by atoms with Gasteiger partial charge in [-0.1, -0.05) is 0 Å². The van der Waals surface area contributed by atoms with Crippen LogP contribution in [0.2, 0.25) is 0 Å². The first-order chi connectivity index (χ1) is 9.35. The number of hydrogen-bond acceptors (Lipinski definition) is 4. The Bertz CT molecular complexity index is 525. The molecule has 0 saturated carbocycles. The molecule has 2 heterocycles. The number of nitrogens with zero attached hydrogens (tertiary/aromatic N) is 3. The SMILES string of the molecule is CC(C)n1nccc1C(=O)N1CCO[C@@](C)(C(N)=O)C1. The van der Waals surface area contributed by atoms with Gasteiger partial charge in [0, 0.05) is 18.8 Å². The number of primary amides is 1. The summed E-state index contributed by atoms with van der Waals surface area (Å²) < 4.78 is 7.08. The molecule has 2 rings (SSSR count). The highest BCUT2D eigenvalue weighted by Crippen LogP contribution is 2.20. The molecule has 1 aliphatic heterocycles. The van der Waals surface area contributed by atoms with Gasteiger partial charge in [-0.3, -0.25) is 14.3 Å². The van der Waals surface area contributed by atoms with E-state index in [0.717, 1.165) is 0 Å². The van der Waals surface area contributed by atoms with Gasteiger partial charge in [0.2, 0.25) is 0 Å². The van der Waals surface area contributed by atoms with Gasteiger partial charge in [-0.15, -0.1) is 0 Å². The van der Waals surface area contributed by atoms with Crippen molar-refractivity contribution in [3.05, 3.63) is 18.0 Å². The van der Waals surface area contributed by atoms with E-state index in [1.807, 2.05) is 13.8 Å². The monoisotopic (exact) mass is 280 g/mol. The molecule has 2 N–H and O–H groups in total. The molecule has 110 valence electrons. The van der Waals surface area contributed by atoms with Gasteiger partial charge in [-0.05, 0) is 26.8 Å². The molecule has 1 aromatic rings. The average molecular weight is 280 g/mol. The number of amides is 2. The molecule has 1 saturated heterocycles. The Morgan fingerprint density at radius 2 is 2.20 bits per heavy atom. The van der Waals surface area contributed by atoms with Gasteiger partial charge in [-0.25, -0.2) is 0 Å². The number of carbonyl (C=O) groups is 2. The number of hydrogen-bond donors (Lipinski definition) is 1. The van der Waals surface area contributed by atoms with Crippen LogP contribution in [-0.4, -0.2) is 51.8 Å². The maximum absolute atomic E-state index is 12.6. The van der Waals surface area contributed by atoms with E-state index in [4.69, 9.17) is 10.5 Å². The fourth-order valence-corrected chi connectivity index (χ4v) is 2.25. The molecule has 0 aromatic carbocycles. The van der Waals surface area contributed by atoms with Crippen molar-refractivity contribution >= 4 is 11.8 Å². The van der Waals surface area contributed by atoms with E-state index in [9.17, 15) is 9.59 Å². The highest BCUT2D eigenvalue weighted by atomic mass is 16.5. The third-order valence-electron chi connectivity index (χ3n) is 3.46. The Balaban J connectivity index is 2.21. The van der Waals surface area contributed by atoms with Gasteiger partial charge in [0.05, 0.1) is 13.2 Å². The second-order valence-electron chi connectivity index (χ2n) is 5.43. The smallest absolute Gasteiger partial charge is 0.272 e. The summed E-state index contributed by atoms with van der Waals surface area (Å²) in [5, 5.41) is 4.15. The molecule has 0 radical (unpaired) electrons. The van der Waals surface area contributed by atoms with Crippen LogP contribution in [0.5, 0.6) is 0 Å². The van der Waals surface area contributed by atoms with Gasteiger partial charge in [-0.2, -0.15) is 5.10 Å². The van der Waals surface area contributed by atoms with Crippen LogP contribution in [0.25, 0.3) is 0 Å². The standard InChI is InChI=1S/C13H20N4O3/c1-9(2)17-10(4-5-15-17)11(18)16-6-7-20-13(3,8-16)12(14)19/h4-5,9H,6-8H2,1-3H3,(H2,14,19)/t13-/m1/s1. The maximum Gasteiger partial charge on any atom is 0.272 e. The topological polar surface area (TPSA) is 90.4 Å². The molecule has 0 aliphatic carbocycles. The van der Waals surface area contributed by atoms with Crippen molar-refractivity contribution in [2.75, 3.05) is 19.7 Å². The summed E-state index contributed by atoms with van der Waals surface area (Å²) in [6.45, 7) is 6.40. The predicted molar refractivity (Wildman–Crippen MR) is 72.1 cm³/mol. The summed E-state index contributed by atoms with van der Waals surface area (Å²) in [5.41, 5.74) is 4.72. The molecule has 1 fully saturated rings. The number of ether oxygens (including phenoxy) is 1. The van der Waals surface area contributed by atoms with E-state index in [0.29, 0.717) is 18.8 Å². The van der Waals surface area contributed by atoms with Crippen molar-refractivity contribution in [3.63, 3.8) is 0 Å². The van der Waals surface area contributed by atoms with Gasteiger partial charge in [0.25, 0.3) is 11.8 Å². The Kier molecular flexibility index (Phi) is 3.80. The highest BCUT2D eigenvalue weighted by Gasteiger charge is 2.39. The van der Waals surface area contributed by atoms with Crippen molar-refractivity contribution in [1.29, 1.82) is 0 Å². The molecule has 1 aliphatic rings. The van der Waals surface area contributed by atoms with Crippen LogP contribution in [0.4, 0.5) is 0 Å². The van der Waals surface area contributed by atoms with Crippen LogP contribution in [0.15, 0.2) is 12.3 Å². The van der Waals surface area contributed by atoms with Crippen molar-refractivity contribution in [1.82, 2.24) is 14.7 Å². The molecule has 1 aromatic heterocycles. The average Bonchev–Trinajstić information content (AvgIpc) is 2.87. The summed E-state index contributed by atoms with van der Waals surface area (Å²) in [6, 6.07) is 1.77. The van der Waals surface area contributed by atoms with Crippen molar-refractivity contribution < 1.29 is 14.3 Å². The highest BCUT2D eigenvalue weighted by molar-refractivity contribution is 5.93. The fourth-order valence-electron chi connectivity index (χ4n) is 2.25. The largest absolute Gasteiger partial charge is 0.367 e. The Morgan fingerprint density at radius 3 is 2.80 bits per heavy atom. The van der Waals surface area contributed by atoms with Crippen LogP contribution in [0.1, 0.15) is 37.3 Å². The number of morpholine rings is 1. The molecule has 0 unspecified atom stereocenters. The molecule has 1 atom stereocenters. The molecule has 0 spiro atoms. The Labute approximate surface area is 117 Å². The Hall–Kier alpha value is -1.89. The first-order valence-electron chi connectivity index (χ1n) is 6.62. The first-order valence-corrected chi connectivity index (χ1v) is 6.62. The van der Waals surface area contributed by atoms with E-state index in [1.54, 1.807) is 28.8 Å². The lowest BCUT2D eigenvalue weighted by atomic mass is 10.0. The summed E-state index contributed by atoms with van der Waals surface area (Å²) in [7, 11) is 0. The number of aromatic nitrogens is 2. The maximum atomic E-state index is 12.6. The van der Waals surface area contributed by atoms with Crippen LogP contribution < -0.4 is 5.73 Å². The molecule has 0 bridgehead atoms. The Morgan fingerprint density at radius 1 is 1.50 bits per heavy atom. The summed E-state index contributed by atoms with van der Waals surface area (Å²) >= 11 is 0. The van der Waals surface area contributed by atoms with E-state index >= 15 is 0 Å². The van der Waals surface area contributed by atoms with Gasteiger partial charge in [0.15, 0.2) is 5.60 Å². The molecule has 2 amide bonds. The van der Waals surface area contributed by atoms with Crippen LogP contribution in [0.3, 0.4) is 0 Å². The summed E-state index contributed by atoms with van der Waals surface area (Å²) in [4.78, 5) is 25.6. The van der Waals surface area contributed by atoms with Gasteiger partial charge in [0.1, 0.15) is 5.69 Å². The van der Waals surface area contributed by atoms with Gasteiger partial charge >= 0.3 is 0 Å². The van der Waals surface area contributed by atoms with Crippen molar-refractivity contribution in [2.24, 2.45) is 5.73 Å². The zero-order valence-electron chi connectivity index (χ0n) is 12.0. The quantitative estimate of drug-likeness (QED) is 0.855. The lowest BCUT2D eigenvalue weighted by Crippen LogP contribution is -2.58. The lowest BCUT2D eigenvalue weighted by Gasteiger charge is -2.38. The van der Waals surface area contributed by atoms with E-state index in [1.165, 1.54) is 0 Å². The van der Waals surface area contributed by atoms with Crippen molar-refractivity contribution in [3.8, 4) is 0 Å². The normalized spacial score (nSPS) is 23.1. The van der Waals surface area contributed by atoms with Crippen molar-refractivity contribution in [2.45, 2.75) is 32.4 Å².